The Hall–Kier alpha value is -1.52. The number of amidine groups is 1. The summed E-state index contributed by atoms with van der Waals surface area (Å²) in [6.45, 7) is 0.696. The third-order valence-electron chi connectivity index (χ3n) is 3.03. The molecule has 0 aromatic heterocycles. The summed E-state index contributed by atoms with van der Waals surface area (Å²) in [4.78, 5) is 2.03. The second kappa shape index (κ2) is 6.29. The lowest BCUT2D eigenvalue weighted by Gasteiger charge is -2.23. The summed E-state index contributed by atoms with van der Waals surface area (Å²) in [6, 6.07) is 13.4. The first-order chi connectivity index (χ1) is 9.49. The number of nitrogens with two attached hydrogens (primary N) is 1. The van der Waals surface area contributed by atoms with Crippen molar-refractivity contribution in [2.24, 2.45) is 5.73 Å². The average Bonchev–Trinajstić information content (AvgIpc) is 2.40. The number of anilines is 1. The van der Waals surface area contributed by atoms with Crippen LogP contribution in [-0.2, 0) is 6.54 Å². The van der Waals surface area contributed by atoms with Gasteiger partial charge in [0.15, 0.2) is 0 Å². The highest BCUT2D eigenvalue weighted by molar-refractivity contribution is 9.10. The minimum Gasteiger partial charge on any atom is -0.384 e. The molecule has 5 heteroatoms. The van der Waals surface area contributed by atoms with Crippen molar-refractivity contribution >= 4 is 39.1 Å². The van der Waals surface area contributed by atoms with E-state index in [4.69, 9.17) is 22.7 Å². The van der Waals surface area contributed by atoms with Crippen LogP contribution in [0, 0.1) is 5.41 Å². The van der Waals surface area contributed by atoms with Crippen molar-refractivity contribution < 1.29 is 0 Å². The molecule has 3 nitrogen and oxygen atoms in total. The molecule has 0 heterocycles. The van der Waals surface area contributed by atoms with Crippen molar-refractivity contribution in [1.82, 2.24) is 0 Å². The zero-order chi connectivity index (χ0) is 14.7. The maximum Gasteiger partial charge on any atom is 0.124 e. The molecule has 0 aliphatic carbocycles. The topological polar surface area (TPSA) is 53.1 Å². The van der Waals surface area contributed by atoms with Crippen LogP contribution in [0.25, 0.3) is 0 Å². The lowest BCUT2D eigenvalue weighted by molar-refractivity contribution is 0.916. The number of halogens is 2. The van der Waals surface area contributed by atoms with Gasteiger partial charge in [0.2, 0.25) is 0 Å². The zero-order valence-corrected chi connectivity index (χ0v) is 13.4. The van der Waals surface area contributed by atoms with Crippen molar-refractivity contribution in [2.45, 2.75) is 6.54 Å². The Morgan fingerprint density at radius 3 is 2.65 bits per heavy atom. The fourth-order valence-corrected chi connectivity index (χ4v) is 2.59. The third kappa shape index (κ3) is 3.32. The standard InChI is InChI=1S/C15H15BrClN3/c1-20(9-10-4-2-3-5-13(10)16)14-8-11(17)6-7-12(14)15(18)19/h2-8H,9H2,1H3,(H3,18,19). The van der Waals surface area contributed by atoms with E-state index in [0.29, 0.717) is 17.1 Å². The third-order valence-corrected chi connectivity index (χ3v) is 4.04. The molecule has 0 saturated carbocycles. The molecule has 0 aliphatic heterocycles. The molecule has 104 valence electrons. The van der Waals surface area contributed by atoms with Gasteiger partial charge < -0.3 is 10.6 Å². The first-order valence-corrected chi connectivity index (χ1v) is 7.24. The fourth-order valence-electron chi connectivity index (χ4n) is 2.02. The molecular weight excluding hydrogens is 338 g/mol. The second-order valence-corrected chi connectivity index (χ2v) is 5.81. The van der Waals surface area contributed by atoms with Crippen molar-refractivity contribution in [3.05, 3.63) is 63.1 Å². The van der Waals surface area contributed by atoms with Crippen LogP contribution in [0.3, 0.4) is 0 Å². The molecule has 0 bridgehead atoms. The number of hydrogen-bond donors (Lipinski definition) is 2. The van der Waals surface area contributed by atoms with Crippen molar-refractivity contribution in [3.63, 3.8) is 0 Å². The number of benzene rings is 2. The molecule has 2 aromatic rings. The monoisotopic (exact) mass is 351 g/mol. The highest BCUT2D eigenvalue weighted by atomic mass is 79.9. The Labute approximate surface area is 132 Å². The highest BCUT2D eigenvalue weighted by Crippen LogP contribution is 2.26. The van der Waals surface area contributed by atoms with Gasteiger partial charge in [0.1, 0.15) is 5.84 Å². The van der Waals surface area contributed by atoms with Crippen LogP contribution in [0.2, 0.25) is 5.02 Å². The van der Waals surface area contributed by atoms with Crippen LogP contribution in [0.4, 0.5) is 5.69 Å². The summed E-state index contributed by atoms with van der Waals surface area (Å²) in [5, 5.41) is 8.29. The first kappa shape index (κ1) is 14.9. The predicted molar refractivity (Wildman–Crippen MR) is 88.7 cm³/mol. The Morgan fingerprint density at radius 1 is 1.30 bits per heavy atom. The molecule has 0 spiro atoms. The van der Waals surface area contributed by atoms with Crippen LogP contribution in [0.5, 0.6) is 0 Å². The molecule has 0 radical (unpaired) electrons. The first-order valence-electron chi connectivity index (χ1n) is 6.07. The van der Waals surface area contributed by atoms with Gasteiger partial charge in [-0.05, 0) is 29.8 Å². The molecule has 3 N–H and O–H groups in total. The van der Waals surface area contributed by atoms with E-state index in [1.807, 2.05) is 36.2 Å². The minimum absolute atomic E-state index is 0.0376. The number of nitrogen functional groups attached to an aromatic ring is 1. The Balaban J connectivity index is 2.34. The quantitative estimate of drug-likeness (QED) is 0.645. The molecule has 2 rings (SSSR count). The number of rotatable bonds is 4. The minimum atomic E-state index is 0.0376. The van der Waals surface area contributed by atoms with E-state index in [0.717, 1.165) is 15.7 Å². The van der Waals surface area contributed by atoms with Gasteiger partial charge in [0, 0.05) is 34.3 Å². The van der Waals surface area contributed by atoms with Gasteiger partial charge in [-0.3, -0.25) is 5.41 Å². The molecule has 0 saturated heterocycles. The highest BCUT2D eigenvalue weighted by Gasteiger charge is 2.12. The summed E-state index contributed by atoms with van der Waals surface area (Å²) >= 11 is 9.59. The molecule has 0 unspecified atom stereocenters. The van der Waals surface area contributed by atoms with Crippen molar-refractivity contribution in [1.29, 1.82) is 5.41 Å². The fraction of sp³-hybridized carbons (Fsp3) is 0.133. The number of hydrogen-bond acceptors (Lipinski definition) is 2. The molecule has 0 amide bonds. The summed E-state index contributed by atoms with van der Waals surface area (Å²) in [5.41, 5.74) is 8.32. The SMILES string of the molecule is CN(Cc1ccccc1Br)c1cc(Cl)ccc1C(=N)N. The number of nitrogens with zero attached hydrogens (tertiary/aromatic N) is 1. The normalized spacial score (nSPS) is 10.3. The molecular formula is C15H15BrClN3. The van der Waals surface area contributed by atoms with E-state index in [-0.39, 0.29) is 5.84 Å². The van der Waals surface area contributed by atoms with Gasteiger partial charge in [-0.2, -0.15) is 0 Å². The number of nitrogens with one attached hydrogen (secondary N) is 1. The van der Waals surface area contributed by atoms with Crippen LogP contribution in [0.1, 0.15) is 11.1 Å². The Morgan fingerprint density at radius 2 is 2.00 bits per heavy atom. The Kier molecular flexibility index (Phi) is 4.68. The Bertz CT molecular complexity index is 643. The maximum absolute atomic E-state index is 7.66. The van der Waals surface area contributed by atoms with E-state index in [9.17, 15) is 0 Å². The van der Waals surface area contributed by atoms with E-state index < -0.39 is 0 Å². The van der Waals surface area contributed by atoms with Gasteiger partial charge >= 0.3 is 0 Å². The van der Waals surface area contributed by atoms with Crippen LogP contribution < -0.4 is 10.6 Å². The van der Waals surface area contributed by atoms with Crippen LogP contribution in [-0.4, -0.2) is 12.9 Å². The largest absolute Gasteiger partial charge is 0.384 e. The van der Waals surface area contributed by atoms with Crippen molar-refractivity contribution in [3.8, 4) is 0 Å². The molecule has 20 heavy (non-hydrogen) atoms. The van der Waals surface area contributed by atoms with Crippen molar-refractivity contribution in [2.75, 3.05) is 11.9 Å². The molecule has 0 atom stereocenters. The van der Waals surface area contributed by atoms with Gasteiger partial charge in [-0.15, -0.1) is 0 Å². The molecule has 0 aliphatic rings. The van der Waals surface area contributed by atoms with Crippen LogP contribution >= 0.6 is 27.5 Å². The predicted octanol–water partition coefficient (Wildman–Crippen LogP) is 4.02. The lowest BCUT2D eigenvalue weighted by Crippen LogP contribution is -2.22. The molecule has 0 fully saturated rings. The van der Waals surface area contributed by atoms with E-state index in [2.05, 4.69) is 22.0 Å². The van der Waals surface area contributed by atoms with E-state index >= 15 is 0 Å². The maximum atomic E-state index is 7.66. The second-order valence-electron chi connectivity index (χ2n) is 4.52. The summed E-state index contributed by atoms with van der Waals surface area (Å²) in [6.07, 6.45) is 0. The van der Waals surface area contributed by atoms with Gasteiger partial charge in [0.05, 0.1) is 0 Å². The smallest absolute Gasteiger partial charge is 0.124 e. The molecule has 2 aromatic carbocycles. The zero-order valence-electron chi connectivity index (χ0n) is 11.0. The van der Waals surface area contributed by atoms with Gasteiger partial charge in [-0.1, -0.05) is 45.7 Å². The van der Waals surface area contributed by atoms with E-state index in [1.54, 1.807) is 12.1 Å². The lowest BCUT2D eigenvalue weighted by atomic mass is 10.1. The summed E-state index contributed by atoms with van der Waals surface area (Å²) in [7, 11) is 1.96. The summed E-state index contributed by atoms with van der Waals surface area (Å²) in [5.74, 6) is 0.0376. The van der Waals surface area contributed by atoms with E-state index in [1.165, 1.54) is 0 Å². The van der Waals surface area contributed by atoms with Gasteiger partial charge in [-0.25, -0.2) is 0 Å². The van der Waals surface area contributed by atoms with Gasteiger partial charge in [0.25, 0.3) is 0 Å². The average molecular weight is 353 g/mol. The van der Waals surface area contributed by atoms with Crippen LogP contribution in [0.15, 0.2) is 46.9 Å². The summed E-state index contributed by atoms with van der Waals surface area (Å²) < 4.78 is 1.05.